The van der Waals surface area contributed by atoms with Gasteiger partial charge in [-0.1, -0.05) is 0 Å². The van der Waals surface area contributed by atoms with E-state index in [0.717, 1.165) is 31.4 Å². The Kier molecular flexibility index (Phi) is 3.16. The van der Waals surface area contributed by atoms with Gasteiger partial charge in [-0.2, -0.15) is 0 Å². The van der Waals surface area contributed by atoms with E-state index in [2.05, 4.69) is 9.55 Å². The molecule has 1 saturated heterocycles. The SMILES string of the molecule is NCc1cncn1CCC1CCOC1. The van der Waals surface area contributed by atoms with E-state index in [-0.39, 0.29) is 0 Å². The molecule has 1 aliphatic heterocycles. The minimum atomic E-state index is 0.571. The second kappa shape index (κ2) is 4.57. The first-order valence-electron chi connectivity index (χ1n) is 5.17. The van der Waals surface area contributed by atoms with Gasteiger partial charge in [0.25, 0.3) is 0 Å². The van der Waals surface area contributed by atoms with Gasteiger partial charge in [0.1, 0.15) is 0 Å². The number of imidazole rings is 1. The van der Waals surface area contributed by atoms with Gasteiger partial charge in [-0.25, -0.2) is 4.98 Å². The Morgan fingerprint density at radius 2 is 2.57 bits per heavy atom. The van der Waals surface area contributed by atoms with Gasteiger partial charge in [0.2, 0.25) is 0 Å². The summed E-state index contributed by atoms with van der Waals surface area (Å²) in [6.07, 6.45) is 6.07. The average molecular weight is 195 g/mol. The van der Waals surface area contributed by atoms with E-state index in [1.54, 1.807) is 0 Å². The van der Waals surface area contributed by atoms with E-state index in [4.69, 9.17) is 10.5 Å². The maximum atomic E-state index is 5.59. The van der Waals surface area contributed by atoms with Crippen molar-refractivity contribution in [3.05, 3.63) is 18.2 Å². The monoisotopic (exact) mass is 195 g/mol. The lowest BCUT2D eigenvalue weighted by Crippen LogP contribution is -2.10. The van der Waals surface area contributed by atoms with Gasteiger partial charge in [-0.05, 0) is 18.8 Å². The van der Waals surface area contributed by atoms with E-state index >= 15 is 0 Å². The van der Waals surface area contributed by atoms with Crippen LogP contribution in [0, 0.1) is 5.92 Å². The van der Waals surface area contributed by atoms with Crippen LogP contribution in [0.4, 0.5) is 0 Å². The molecule has 0 saturated carbocycles. The lowest BCUT2D eigenvalue weighted by molar-refractivity contribution is 0.183. The lowest BCUT2D eigenvalue weighted by Gasteiger charge is -2.09. The first-order chi connectivity index (χ1) is 6.90. The summed E-state index contributed by atoms with van der Waals surface area (Å²) >= 11 is 0. The van der Waals surface area contributed by atoms with Crippen LogP contribution < -0.4 is 5.73 Å². The topological polar surface area (TPSA) is 53.1 Å². The molecule has 0 radical (unpaired) electrons. The Hall–Kier alpha value is -0.870. The van der Waals surface area contributed by atoms with Gasteiger partial charge in [0.15, 0.2) is 0 Å². The van der Waals surface area contributed by atoms with Crippen LogP contribution in [0.2, 0.25) is 0 Å². The number of ether oxygens (including phenoxy) is 1. The van der Waals surface area contributed by atoms with Gasteiger partial charge in [0.05, 0.1) is 12.0 Å². The lowest BCUT2D eigenvalue weighted by atomic mass is 10.1. The highest BCUT2D eigenvalue weighted by Crippen LogP contribution is 2.17. The molecule has 0 aromatic carbocycles. The molecule has 0 bridgehead atoms. The fourth-order valence-corrected chi connectivity index (χ4v) is 1.85. The molecule has 0 aliphatic carbocycles. The summed E-state index contributed by atoms with van der Waals surface area (Å²) in [5.41, 5.74) is 6.71. The van der Waals surface area contributed by atoms with E-state index < -0.39 is 0 Å². The smallest absolute Gasteiger partial charge is 0.0948 e. The van der Waals surface area contributed by atoms with Crippen LogP contribution in [0.3, 0.4) is 0 Å². The number of hydrogen-bond acceptors (Lipinski definition) is 3. The number of rotatable bonds is 4. The summed E-state index contributed by atoms with van der Waals surface area (Å²) in [5.74, 6) is 0.725. The third-order valence-corrected chi connectivity index (χ3v) is 2.81. The Morgan fingerprint density at radius 3 is 3.29 bits per heavy atom. The Morgan fingerprint density at radius 1 is 1.64 bits per heavy atom. The van der Waals surface area contributed by atoms with Crippen molar-refractivity contribution in [1.82, 2.24) is 9.55 Å². The van der Waals surface area contributed by atoms with Crippen LogP contribution in [0.25, 0.3) is 0 Å². The average Bonchev–Trinajstić information content (AvgIpc) is 2.85. The van der Waals surface area contributed by atoms with Crippen molar-refractivity contribution in [1.29, 1.82) is 0 Å². The molecule has 14 heavy (non-hydrogen) atoms. The summed E-state index contributed by atoms with van der Waals surface area (Å²) in [5, 5.41) is 0. The van der Waals surface area contributed by atoms with Gasteiger partial charge in [-0.3, -0.25) is 0 Å². The minimum absolute atomic E-state index is 0.571. The standard InChI is InChI=1S/C10H17N3O/c11-5-10-6-12-8-13(10)3-1-9-2-4-14-7-9/h6,8-9H,1-5,7,11H2. The first-order valence-corrected chi connectivity index (χ1v) is 5.17. The fourth-order valence-electron chi connectivity index (χ4n) is 1.85. The van der Waals surface area contributed by atoms with Crippen LogP contribution in [0.15, 0.2) is 12.5 Å². The van der Waals surface area contributed by atoms with Crippen LogP contribution in [-0.2, 0) is 17.8 Å². The molecule has 78 valence electrons. The zero-order valence-corrected chi connectivity index (χ0v) is 8.35. The quantitative estimate of drug-likeness (QED) is 0.772. The summed E-state index contributed by atoms with van der Waals surface area (Å²) in [7, 11) is 0. The maximum absolute atomic E-state index is 5.59. The highest BCUT2D eigenvalue weighted by molar-refractivity contribution is 4.97. The highest BCUT2D eigenvalue weighted by atomic mass is 16.5. The molecule has 0 spiro atoms. The van der Waals surface area contributed by atoms with E-state index in [9.17, 15) is 0 Å². The zero-order chi connectivity index (χ0) is 9.80. The van der Waals surface area contributed by atoms with Gasteiger partial charge in [-0.15, -0.1) is 0 Å². The molecule has 1 unspecified atom stereocenters. The number of aryl methyl sites for hydroxylation is 1. The molecule has 2 rings (SSSR count). The van der Waals surface area contributed by atoms with Crippen LogP contribution >= 0.6 is 0 Å². The molecular formula is C10H17N3O. The van der Waals surface area contributed by atoms with Crippen molar-refractivity contribution in [3.63, 3.8) is 0 Å². The van der Waals surface area contributed by atoms with Gasteiger partial charge in [0, 0.05) is 32.5 Å². The van der Waals surface area contributed by atoms with Gasteiger partial charge < -0.3 is 15.0 Å². The van der Waals surface area contributed by atoms with Crippen molar-refractivity contribution < 1.29 is 4.74 Å². The maximum Gasteiger partial charge on any atom is 0.0948 e. The Balaban J connectivity index is 1.84. The summed E-state index contributed by atoms with van der Waals surface area (Å²) < 4.78 is 7.47. The highest BCUT2D eigenvalue weighted by Gasteiger charge is 2.15. The molecule has 1 fully saturated rings. The molecule has 1 atom stereocenters. The molecule has 1 aliphatic rings. The number of hydrogen-bond donors (Lipinski definition) is 1. The largest absolute Gasteiger partial charge is 0.381 e. The predicted octanol–water partition coefficient (Wildman–Crippen LogP) is 0.768. The van der Waals surface area contributed by atoms with E-state index in [1.807, 2.05) is 12.5 Å². The van der Waals surface area contributed by atoms with Crippen molar-refractivity contribution >= 4 is 0 Å². The molecule has 2 N–H and O–H groups in total. The Labute approximate surface area is 84.1 Å². The van der Waals surface area contributed by atoms with Crippen molar-refractivity contribution in [2.45, 2.75) is 25.9 Å². The van der Waals surface area contributed by atoms with Crippen molar-refractivity contribution in [2.24, 2.45) is 11.7 Å². The zero-order valence-electron chi connectivity index (χ0n) is 8.35. The molecule has 4 nitrogen and oxygen atoms in total. The summed E-state index contributed by atoms with van der Waals surface area (Å²) in [6.45, 7) is 3.44. The number of aromatic nitrogens is 2. The Bertz CT molecular complexity index is 279. The van der Waals surface area contributed by atoms with Crippen molar-refractivity contribution in [2.75, 3.05) is 13.2 Å². The van der Waals surface area contributed by atoms with Crippen molar-refractivity contribution in [3.8, 4) is 0 Å². The van der Waals surface area contributed by atoms with E-state index in [0.29, 0.717) is 6.54 Å². The molecule has 0 amide bonds. The third-order valence-electron chi connectivity index (χ3n) is 2.81. The van der Waals surface area contributed by atoms with Crippen LogP contribution in [0.5, 0.6) is 0 Å². The molecule has 1 aromatic heterocycles. The van der Waals surface area contributed by atoms with Gasteiger partial charge >= 0.3 is 0 Å². The normalized spacial score (nSPS) is 21.6. The molecule has 4 heteroatoms. The second-order valence-corrected chi connectivity index (χ2v) is 3.80. The second-order valence-electron chi connectivity index (χ2n) is 3.80. The molecule has 2 heterocycles. The number of nitrogens with zero attached hydrogens (tertiary/aromatic N) is 2. The fraction of sp³-hybridized carbons (Fsp3) is 0.700. The molecular weight excluding hydrogens is 178 g/mol. The third kappa shape index (κ3) is 2.13. The van der Waals surface area contributed by atoms with Crippen LogP contribution in [0.1, 0.15) is 18.5 Å². The van der Waals surface area contributed by atoms with E-state index in [1.165, 1.54) is 12.8 Å². The minimum Gasteiger partial charge on any atom is -0.381 e. The summed E-state index contributed by atoms with van der Waals surface area (Å²) in [4.78, 5) is 4.09. The summed E-state index contributed by atoms with van der Waals surface area (Å²) in [6, 6.07) is 0. The van der Waals surface area contributed by atoms with Crippen LogP contribution in [-0.4, -0.2) is 22.8 Å². The molecule has 1 aromatic rings. The predicted molar refractivity (Wildman–Crippen MR) is 53.7 cm³/mol. The first kappa shape index (κ1) is 9.68. The number of nitrogens with two attached hydrogens (primary N) is 1.